The lowest BCUT2D eigenvalue weighted by Gasteiger charge is -2.03. The molecule has 17 heavy (non-hydrogen) atoms. The zero-order valence-electron chi connectivity index (χ0n) is 9.68. The molecule has 0 atom stereocenters. The molecule has 0 saturated heterocycles. The molecule has 0 radical (unpaired) electrons. The van der Waals surface area contributed by atoms with Gasteiger partial charge in [-0.25, -0.2) is 0 Å². The molecule has 1 heterocycles. The number of aromatic nitrogens is 1. The summed E-state index contributed by atoms with van der Waals surface area (Å²) in [6.07, 6.45) is 0.997. The minimum Gasteiger partial charge on any atom is -0.356 e. The summed E-state index contributed by atoms with van der Waals surface area (Å²) < 4.78 is 5.35. The maximum absolute atomic E-state index is 5.35. The predicted molar refractivity (Wildman–Crippen MR) is 68.8 cm³/mol. The fourth-order valence-electron chi connectivity index (χ4n) is 2.14. The summed E-state index contributed by atoms with van der Waals surface area (Å²) in [5.74, 6) is 0. The van der Waals surface area contributed by atoms with Gasteiger partial charge in [-0.2, -0.15) is 0 Å². The van der Waals surface area contributed by atoms with Gasteiger partial charge in [-0.1, -0.05) is 48.5 Å². The van der Waals surface area contributed by atoms with Crippen molar-refractivity contribution in [2.24, 2.45) is 0 Å². The molecule has 2 nitrogen and oxygen atoms in total. The minimum atomic E-state index is 0.841. The van der Waals surface area contributed by atoms with Crippen LogP contribution in [0.4, 0.5) is 0 Å². The van der Waals surface area contributed by atoms with Crippen molar-refractivity contribution >= 4 is 11.0 Å². The van der Waals surface area contributed by atoms with E-state index in [4.69, 9.17) is 4.52 Å². The van der Waals surface area contributed by atoms with Crippen molar-refractivity contribution in [3.8, 4) is 11.3 Å². The Labute approximate surface area is 99.9 Å². The third-order valence-electron chi connectivity index (χ3n) is 3.03. The third kappa shape index (κ3) is 1.62. The second-order valence-corrected chi connectivity index (χ2v) is 4.04. The topological polar surface area (TPSA) is 26.0 Å². The summed E-state index contributed by atoms with van der Waals surface area (Å²) >= 11 is 0. The monoisotopic (exact) mass is 223 g/mol. The van der Waals surface area contributed by atoms with Crippen molar-refractivity contribution in [2.45, 2.75) is 13.3 Å². The van der Waals surface area contributed by atoms with Gasteiger partial charge in [-0.05, 0) is 24.1 Å². The Kier molecular flexibility index (Phi) is 2.41. The van der Waals surface area contributed by atoms with Crippen LogP contribution in [-0.4, -0.2) is 5.16 Å². The number of rotatable bonds is 2. The van der Waals surface area contributed by atoms with Crippen molar-refractivity contribution in [2.75, 3.05) is 0 Å². The lowest BCUT2D eigenvalue weighted by Crippen LogP contribution is -1.87. The lowest BCUT2D eigenvalue weighted by molar-refractivity contribution is 0.459. The van der Waals surface area contributed by atoms with E-state index in [9.17, 15) is 0 Å². The Morgan fingerprint density at radius 3 is 2.65 bits per heavy atom. The Morgan fingerprint density at radius 1 is 1.00 bits per heavy atom. The zero-order valence-corrected chi connectivity index (χ0v) is 9.68. The Balaban J connectivity index is 2.27. The fraction of sp³-hybridized carbons (Fsp3) is 0.133. The van der Waals surface area contributed by atoms with Crippen LogP contribution in [0, 0.1) is 0 Å². The highest BCUT2D eigenvalue weighted by atomic mass is 16.5. The highest BCUT2D eigenvalue weighted by Crippen LogP contribution is 2.30. The van der Waals surface area contributed by atoms with Crippen molar-refractivity contribution in [1.29, 1.82) is 0 Å². The first kappa shape index (κ1) is 10.1. The van der Waals surface area contributed by atoms with E-state index in [0.29, 0.717) is 0 Å². The summed E-state index contributed by atoms with van der Waals surface area (Å²) in [6, 6.07) is 16.3. The van der Waals surface area contributed by atoms with Crippen molar-refractivity contribution in [1.82, 2.24) is 5.16 Å². The molecule has 2 aromatic carbocycles. The van der Waals surface area contributed by atoms with Gasteiger partial charge in [-0.3, -0.25) is 0 Å². The lowest BCUT2D eigenvalue weighted by atomic mass is 10.0. The molecule has 0 bridgehead atoms. The Hall–Kier alpha value is -2.09. The van der Waals surface area contributed by atoms with Crippen LogP contribution in [0.15, 0.2) is 53.1 Å². The van der Waals surface area contributed by atoms with Crippen molar-refractivity contribution in [3.05, 3.63) is 54.1 Å². The van der Waals surface area contributed by atoms with Crippen LogP contribution in [0.1, 0.15) is 12.5 Å². The van der Waals surface area contributed by atoms with E-state index in [0.717, 1.165) is 23.1 Å². The Bertz CT molecular complexity index is 655. The van der Waals surface area contributed by atoms with Crippen LogP contribution >= 0.6 is 0 Å². The molecular weight excluding hydrogens is 210 g/mol. The molecular formula is C15H13NO. The van der Waals surface area contributed by atoms with E-state index in [1.54, 1.807) is 0 Å². The van der Waals surface area contributed by atoms with Gasteiger partial charge in [0, 0.05) is 10.9 Å². The summed E-state index contributed by atoms with van der Waals surface area (Å²) in [6.45, 7) is 2.15. The molecule has 3 aromatic rings. The number of benzene rings is 2. The normalized spacial score (nSPS) is 10.9. The minimum absolute atomic E-state index is 0.841. The van der Waals surface area contributed by atoms with Crippen LogP contribution in [0.5, 0.6) is 0 Å². The van der Waals surface area contributed by atoms with Gasteiger partial charge in [-0.15, -0.1) is 0 Å². The summed E-state index contributed by atoms with van der Waals surface area (Å²) in [4.78, 5) is 0. The third-order valence-corrected chi connectivity index (χ3v) is 3.03. The van der Waals surface area contributed by atoms with E-state index in [1.165, 1.54) is 11.1 Å². The van der Waals surface area contributed by atoms with E-state index >= 15 is 0 Å². The molecule has 0 saturated carbocycles. The van der Waals surface area contributed by atoms with Gasteiger partial charge >= 0.3 is 0 Å². The van der Waals surface area contributed by atoms with Crippen LogP contribution in [-0.2, 0) is 6.42 Å². The largest absolute Gasteiger partial charge is 0.356 e. The highest BCUT2D eigenvalue weighted by Gasteiger charge is 2.11. The molecule has 84 valence electrons. The molecule has 0 aliphatic carbocycles. The smallest absolute Gasteiger partial charge is 0.167 e. The van der Waals surface area contributed by atoms with Crippen LogP contribution in [0.3, 0.4) is 0 Å². The molecule has 0 spiro atoms. The Morgan fingerprint density at radius 2 is 1.76 bits per heavy atom. The maximum Gasteiger partial charge on any atom is 0.167 e. The molecule has 0 N–H and O–H groups in total. The second-order valence-electron chi connectivity index (χ2n) is 4.04. The average Bonchev–Trinajstić information content (AvgIpc) is 2.82. The van der Waals surface area contributed by atoms with Gasteiger partial charge in [0.25, 0.3) is 0 Å². The number of aryl methyl sites for hydroxylation is 1. The van der Waals surface area contributed by atoms with Gasteiger partial charge < -0.3 is 4.52 Å². The van der Waals surface area contributed by atoms with Crippen LogP contribution in [0.25, 0.3) is 22.2 Å². The molecule has 1 aromatic heterocycles. The maximum atomic E-state index is 5.35. The predicted octanol–water partition coefficient (Wildman–Crippen LogP) is 4.06. The highest BCUT2D eigenvalue weighted by molar-refractivity contribution is 5.92. The molecule has 0 unspecified atom stereocenters. The number of hydrogen-bond acceptors (Lipinski definition) is 2. The SMILES string of the molecule is CCc1ccccc1-c1noc2ccccc12. The number of fused-ring (bicyclic) bond motifs is 1. The fourth-order valence-corrected chi connectivity index (χ4v) is 2.14. The molecule has 0 aliphatic rings. The number of hydrogen-bond donors (Lipinski definition) is 0. The quantitative estimate of drug-likeness (QED) is 0.654. The first-order chi connectivity index (χ1) is 8.40. The summed E-state index contributed by atoms with van der Waals surface area (Å²) in [5, 5.41) is 5.28. The van der Waals surface area contributed by atoms with Crippen molar-refractivity contribution in [3.63, 3.8) is 0 Å². The number of nitrogens with zero attached hydrogens (tertiary/aromatic N) is 1. The van der Waals surface area contributed by atoms with E-state index in [1.807, 2.05) is 30.3 Å². The first-order valence-electron chi connectivity index (χ1n) is 5.83. The summed E-state index contributed by atoms with van der Waals surface area (Å²) in [5.41, 5.74) is 4.25. The van der Waals surface area contributed by atoms with Crippen LogP contribution in [0.2, 0.25) is 0 Å². The van der Waals surface area contributed by atoms with Gasteiger partial charge in [0.1, 0.15) is 5.69 Å². The zero-order chi connectivity index (χ0) is 11.7. The van der Waals surface area contributed by atoms with Gasteiger partial charge in [0.2, 0.25) is 0 Å². The van der Waals surface area contributed by atoms with Crippen LogP contribution < -0.4 is 0 Å². The first-order valence-corrected chi connectivity index (χ1v) is 5.83. The molecule has 0 aliphatic heterocycles. The summed E-state index contributed by atoms with van der Waals surface area (Å²) in [7, 11) is 0. The van der Waals surface area contributed by atoms with Crippen molar-refractivity contribution < 1.29 is 4.52 Å². The molecule has 0 fully saturated rings. The molecule has 0 amide bonds. The van der Waals surface area contributed by atoms with E-state index in [2.05, 4.69) is 30.3 Å². The number of para-hydroxylation sites is 1. The standard InChI is InChI=1S/C15H13NO/c1-2-11-7-3-4-8-12(11)15-13-9-5-6-10-14(13)17-16-15/h3-10H,2H2,1H3. The second kappa shape index (κ2) is 4.06. The van der Waals surface area contributed by atoms with E-state index in [-0.39, 0.29) is 0 Å². The average molecular weight is 223 g/mol. The van der Waals surface area contributed by atoms with E-state index < -0.39 is 0 Å². The van der Waals surface area contributed by atoms with Gasteiger partial charge in [0.05, 0.1) is 0 Å². The van der Waals surface area contributed by atoms with Gasteiger partial charge in [0.15, 0.2) is 5.58 Å². The molecule has 2 heteroatoms. The molecule has 3 rings (SSSR count).